The van der Waals surface area contributed by atoms with Crippen LogP contribution in [0.1, 0.15) is 38.2 Å². The molecule has 2 fully saturated rings. The Bertz CT molecular complexity index is 831. The molecule has 0 spiro atoms. The van der Waals surface area contributed by atoms with Gasteiger partial charge in [-0.25, -0.2) is 0 Å². The normalized spacial score (nSPS) is 23.5. The van der Waals surface area contributed by atoms with Gasteiger partial charge in [0, 0.05) is 24.8 Å². The fraction of sp³-hybridized carbons (Fsp3) is 0.524. The first kappa shape index (κ1) is 19.7. The Balaban J connectivity index is 1.56. The molecule has 2 atom stereocenters. The quantitative estimate of drug-likeness (QED) is 0.799. The van der Waals surface area contributed by atoms with E-state index in [9.17, 15) is 10.1 Å². The van der Waals surface area contributed by atoms with Gasteiger partial charge in [0.15, 0.2) is 0 Å². The van der Waals surface area contributed by atoms with Crippen LogP contribution in [0, 0.1) is 35.0 Å². The molecule has 0 bridgehead atoms. The summed E-state index contributed by atoms with van der Waals surface area (Å²) in [4.78, 5) is 20.6. The number of rotatable bonds is 4. The number of nitriles is 2. The van der Waals surface area contributed by atoms with Crippen LogP contribution in [-0.4, -0.2) is 53.0 Å². The zero-order valence-electron chi connectivity index (χ0n) is 16.1. The number of aromatic nitrogens is 1. The third-order valence-electron chi connectivity index (χ3n) is 5.77. The third kappa shape index (κ3) is 4.09. The van der Waals surface area contributed by atoms with E-state index in [1.165, 1.54) is 0 Å². The predicted octanol–water partition coefficient (Wildman–Crippen LogP) is 1.42. The van der Waals surface area contributed by atoms with Gasteiger partial charge >= 0.3 is 0 Å². The monoisotopic (exact) mass is 376 g/mol. The number of nitrogens with zero attached hydrogens (tertiary/aromatic N) is 5. The van der Waals surface area contributed by atoms with Gasteiger partial charge in [0.1, 0.15) is 12.1 Å². The number of anilines is 1. The summed E-state index contributed by atoms with van der Waals surface area (Å²) in [5.74, 6) is 2.52. The van der Waals surface area contributed by atoms with E-state index < -0.39 is 6.04 Å². The Morgan fingerprint density at radius 1 is 1.32 bits per heavy atom. The van der Waals surface area contributed by atoms with E-state index in [1.807, 2.05) is 6.07 Å². The molecule has 0 saturated carbocycles. The fourth-order valence-corrected chi connectivity index (χ4v) is 3.93. The van der Waals surface area contributed by atoms with Crippen molar-refractivity contribution in [3.05, 3.63) is 24.0 Å². The smallest absolute Gasteiger partial charge is 0.238 e. The fourth-order valence-electron chi connectivity index (χ4n) is 3.93. The topological polar surface area (TPSA) is 96.1 Å². The molecule has 144 valence electrons. The lowest BCUT2D eigenvalue weighted by atomic mass is 9.89. The zero-order chi connectivity index (χ0) is 20.1. The maximum atomic E-state index is 12.7. The Kier molecular flexibility index (Phi) is 5.83. The van der Waals surface area contributed by atoms with Crippen LogP contribution in [0.15, 0.2) is 18.5 Å². The number of likely N-dealkylation sites (tertiary alicyclic amines) is 1. The molecule has 1 aromatic heterocycles. The lowest BCUT2D eigenvalue weighted by molar-refractivity contribution is -0.131. The first-order valence-corrected chi connectivity index (χ1v) is 9.52. The number of piperidine rings is 1. The van der Waals surface area contributed by atoms with E-state index in [0.29, 0.717) is 18.4 Å². The summed E-state index contributed by atoms with van der Waals surface area (Å²) < 4.78 is 0. The first-order chi connectivity index (χ1) is 13.5. The first-order valence-electron chi connectivity index (χ1n) is 9.52. The van der Waals surface area contributed by atoms with Crippen LogP contribution in [0.25, 0.3) is 0 Å². The second kappa shape index (κ2) is 8.30. The molecule has 1 N–H and O–H groups in total. The molecule has 3 rings (SSSR count). The number of carbonyl (C=O) groups is 1. The summed E-state index contributed by atoms with van der Waals surface area (Å²) in [5, 5.41) is 21.7. The van der Waals surface area contributed by atoms with Gasteiger partial charge in [-0.3, -0.25) is 9.78 Å². The third-order valence-corrected chi connectivity index (χ3v) is 5.77. The maximum absolute atomic E-state index is 12.7. The van der Waals surface area contributed by atoms with Gasteiger partial charge in [-0.05, 0) is 38.7 Å². The van der Waals surface area contributed by atoms with Gasteiger partial charge in [-0.2, -0.15) is 10.5 Å². The average molecular weight is 376 g/mol. The Hall–Kier alpha value is -3.08. The zero-order valence-corrected chi connectivity index (χ0v) is 16.1. The van der Waals surface area contributed by atoms with Crippen molar-refractivity contribution in [2.45, 2.75) is 50.2 Å². The van der Waals surface area contributed by atoms with E-state index in [-0.39, 0.29) is 24.0 Å². The summed E-state index contributed by atoms with van der Waals surface area (Å²) in [7, 11) is 0. The van der Waals surface area contributed by atoms with Gasteiger partial charge in [0.2, 0.25) is 5.91 Å². The van der Waals surface area contributed by atoms with E-state index in [0.717, 1.165) is 31.6 Å². The number of pyridine rings is 1. The summed E-state index contributed by atoms with van der Waals surface area (Å²) in [5.41, 5.74) is 1.33. The van der Waals surface area contributed by atoms with Gasteiger partial charge in [-0.15, -0.1) is 6.42 Å². The molecule has 1 aromatic rings. The molecule has 7 nitrogen and oxygen atoms in total. The van der Waals surface area contributed by atoms with E-state index in [1.54, 1.807) is 17.3 Å². The molecule has 2 saturated heterocycles. The predicted molar refractivity (Wildman–Crippen MR) is 105 cm³/mol. The minimum atomic E-state index is -0.426. The number of amides is 1. The van der Waals surface area contributed by atoms with Crippen LogP contribution in [0.4, 0.5) is 5.69 Å². The summed E-state index contributed by atoms with van der Waals surface area (Å²) in [6, 6.07) is 5.44. The molecule has 2 aliphatic heterocycles. The van der Waals surface area contributed by atoms with Crippen molar-refractivity contribution in [1.29, 1.82) is 10.5 Å². The summed E-state index contributed by atoms with van der Waals surface area (Å²) in [6.45, 7) is 3.92. The second-order valence-corrected chi connectivity index (χ2v) is 7.65. The highest BCUT2D eigenvalue weighted by molar-refractivity contribution is 5.80. The molecule has 0 aromatic carbocycles. The molecule has 1 unspecified atom stereocenters. The van der Waals surface area contributed by atoms with Crippen molar-refractivity contribution in [3.63, 3.8) is 0 Å². The number of carbonyl (C=O) groups excluding carboxylic acids is 1. The molecule has 7 heteroatoms. The minimum Gasteiger partial charge on any atom is -0.370 e. The van der Waals surface area contributed by atoms with Crippen LogP contribution in [-0.2, 0) is 4.79 Å². The van der Waals surface area contributed by atoms with E-state index in [4.69, 9.17) is 11.7 Å². The Morgan fingerprint density at radius 2 is 2.04 bits per heavy atom. The molecule has 2 aliphatic rings. The van der Waals surface area contributed by atoms with Crippen LogP contribution in [0.2, 0.25) is 0 Å². The van der Waals surface area contributed by atoms with E-state index in [2.05, 4.69) is 40.2 Å². The maximum Gasteiger partial charge on any atom is 0.238 e. The lowest BCUT2D eigenvalue weighted by Crippen LogP contribution is -2.55. The molecule has 1 amide bonds. The molecule has 28 heavy (non-hydrogen) atoms. The lowest BCUT2D eigenvalue weighted by Gasteiger charge is -2.41. The van der Waals surface area contributed by atoms with Crippen molar-refractivity contribution < 1.29 is 4.79 Å². The highest BCUT2D eigenvalue weighted by Crippen LogP contribution is 2.27. The minimum absolute atomic E-state index is 0.110. The van der Waals surface area contributed by atoms with E-state index >= 15 is 0 Å². The van der Waals surface area contributed by atoms with Crippen LogP contribution < -0.4 is 10.2 Å². The van der Waals surface area contributed by atoms with Gasteiger partial charge in [0.05, 0.1) is 36.1 Å². The Morgan fingerprint density at radius 3 is 2.68 bits per heavy atom. The molecule has 0 radical (unpaired) electrons. The van der Waals surface area contributed by atoms with Crippen molar-refractivity contribution >= 4 is 11.6 Å². The highest BCUT2D eigenvalue weighted by Gasteiger charge is 2.37. The van der Waals surface area contributed by atoms with Crippen molar-refractivity contribution in [3.8, 4) is 24.5 Å². The highest BCUT2D eigenvalue weighted by atomic mass is 16.2. The number of nitrogens with one attached hydrogen (secondary N) is 1. The van der Waals surface area contributed by atoms with Crippen LogP contribution in [0.3, 0.4) is 0 Å². The second-order valence-electron chi connectivity index (χ2n) is 7.65. The number of terminal acetylenes is 1. The van der Waals surface area contributed by atoms with Gasteiger partial charge in [-0.1, -0.05) is 5.92 Å². The van der Waals surface area contributed by atoms with Crippen LogP contribution >= 0.6 is 0 Å². The SMILES string of the molecule is C#CC1CC[C@@H](C#N)N1C(=O)CNC1(C)CCN(c2cncc(C#N)c2)CC1. The molecule has 0 aliphatic carbocycles. The average Bonchev–Trinajstić information content (AvgIpc) is 3.16. The van der Waals surface area contributed by atoms with Crippen molar-refractivity contribution in [2.24, 2.45) is 0 Å². The van der Waals surface area contributed by atoms with Crippen molar-refractivity contribution in [2.75, 3.05) is 24.5 Å². The molecular formula is C21H24N6O. The standard InChI is InChI=1S/C21H24N6O/c1-3-17-4-5-18(12-23)27(17)20(28)15-25-21(2)6-8-26(9-7-21)19-10-16(11-22)13-24-14-19/h1,10,13-14,17-18,25H,4-9,15H2,2H3/t17?,18-/m0/s1. The molecular weight excluding hydrogens is 352 g/mol. The summed E-state index contributed by atoms with van der Waals surface area (Å²) >= 11 is 0. The number of hydrogen-bond donors (Lipinski definition) is 1. The molecule has 3 heterocycles. The van der Waals surface area contributed by atoms with Crippen molar-refractivity contribution in [1.82, 2.24) is 15.2 Å². The number of hydrogen-bond acceptors (Lipinski definition) is 6. The van der Waals surface area contributed by atoms with Gasteiger partial charge in [0.25, 0.3) is 0 Å². The summed E-state index contributed by atoms with van der Waals surface area (Å²) in [6.07, 6.45) is 11.9. The Labute approximate surface area is 165 Å². The van der Waals surface area contributed by atoms with Crippen LogP contribution in [0.5, 0.6) is 0 Å². The van der Waals surface area contributed by atoms with Gasteiger partial charge < -0.3 is 15.1 Å². The largest absolute Gasteiger partial charge is 0.370 e.